The van der Waals surface area contributed by atoms with Crippen molar-refractivity contribution in [1.82, 2.24) is 14.9 Å². The van der Waals surface area contributed by atoms with E-state index in [0.29, 0.717) is 27.5 Å². The van der Waals surface area contributed by atoms with Gasteiger partial charge in [-0.25, -0.2) is 9.78 Å². The van der Waals surface area contributed by atoms with Crippen LogP contribution in [0.1, 0.15) is 63.7 Å². The van der Waals surface area contributed by atoms with Crippen LogP contribution in [0.5, 0.6) is 0 Å². The van der Waals surface area contributed by atoms with Crippen molar-refractivity contribution in [3.63, 3.8) is 0 Å². The van der Waals surface area contributed by atoms with Gasteiger partial charge in [0.15, 0.2) is 17.3 Å². The molecule has 8 heteroatoms. The monoisotopic (exact) mass is 443 g/mol. The Bertz CT molecular complexity index is 1140. The maximum absolute atomic E-state index is 13.2. The van der Waals surface area contributed by atoms with E-state index in [-0.39, 0.29) is 17.7 Å². The number of methoxy groups -OCH3 is 1. The van der Waals surface area contributed by atoms with Crippen LogP contribution < -0.4 is 0 Å². The van der Waals surface area contributed by atoms with E-state index in [1.807, 2.05) is 19.1 Å². The van der Waals surface area contributed by atoms with Crippen LogP contribution in [0.25, 0.3) is 11.1 Å². The summed E-state index contributed by atoms with van der Waals surface area (Å²) in [5, 5.41) is 0.639. The number of aromatic nitrogens is 2. The van der Waals surface area contributed by atoms with Gasteiger partial charge in [-0.1, -0.05) is 11.6 Å². The number of oxazole rings is 1. The molecule has 1 aromatic carbocycles. The number of nitrogens with one attached hydrogen (secondary N) is 1. The lowest BCUT2D eigenvalue weighted by atomic mass is 9.94. The molecule has 4 rings (SSSR count). The number of carbonyl (C=O) groups is 2. The number of carbonyl (C=O) groups excluding carboxylic acids is 2. The van der Waals surface area contributed by atoms with E-state index in [4.69, 9.17) is 20.8 Å². The van der Waals surface area contributed by atoms with Crippen molar-refractivity contribution in [3.05, 3.63) is 51.6 Å². The average Bonchev–Trinajstić information content (AvgIpc) is 3.32. The van der Waals surface area contributed by atoms with Crippen LogP contribution in [0, 0.1) is 13.8 Å². The SMILES string of the molecule is COC(=O)c1c(C)[nH]c(C(=O)C(C)N2CCC(c3nc4cc(Cl)ccc4o3)CC2)c1C. The lowest BCUT2D eigenvalue weighted by Gasteiger charge is -2.34. The van der Waals surface area contributed by atoms with Gasteiger partial charge in [-0.2, -0.15) is 0 Å². The maximum Gasteiger partial charge on any atom is 0.339 e. The summed E-state index contributed by atoms with van der Waals surface area (Å²) in [5.74, 6) is 0.490. The van der Waals surface area contributed by atoms with Crippen molar-refractivity contribution < 1.29 is 18.7 Å². The van der Waals surface area contributed by atoms with Gasteiger partial charge in [-0.3, -0.25) is 9.69 Å². The smallest absolute Gasteiger partial charge is 0.339 e. The lowest BCUT2D eigenvalue weighted by Crippen LogP contribution is -2.44. The topological polar surface area (TPSA) is 88.4 Å². The minimum absolute atomic E-state index is 0.0225. The van der Waals surface area contributed by atoms with Gasteiger partial charge < -0.3 is 14.1 Å². The van der Waals surface area contributed by atoms with Crippen LogP contribution in [0.3, 0.4) is 0 Å². The highest BCUT2D eigenvalue weighted by atomic mass is 35.5. The molecule has 0 spiro atoms. The molecule has 7 nitrogen and oxygen atoms in total. The van der Waals surface area contributed by atoms with Crippen LogP contribution in [0.4, 0.5) is 0 Å². The number of benzene rings is 1. The van der Waals surface area contributed by atoms with E-state index in [2.05, 4.69) is 14.9 Å². The largest absolute Gasteiger partial charge is 0.465 e. The minimum Gasteiger partial charge on any atom is -0.465 e. The summed E-state index contributed by atoms with van der Waals surface area (Å²) in [5.41, 5.74) is 3.71. The molecule has 1 fully saturated rings. The van der Waals surface area contributed by atoms with Crippen LogP contribution >= 0.6 is 11.6 Å². The molecule has 0 radical (unpaired) electrons. The molecule has 3 aromatic rings. The van der Waals surface area contributed by atoms with Crippen LogP contribution in [-0.4, -0.2) is 52.9 Å². The second-order valence-corrected chi connectivity index (χ2v) is 8.57. The number of rotatable bonds is 5. The van der Waals surface area contributed by atoms with Gasteiger partial charge >= 0.3 is 5.97 Å². The summed E-state index contributed by atoms with van der Waals surface area (Å²) >= 11 is 6.05. The molecule has 1 N–H and O–H groups in total. The zero-order valence-corrected chi connectivity index (χ0v) is 18.9. The molecule has 1 saturated heterocycles. The summed E-state index contributed by atoms with van der Waals surface area (Å²) < 4.78 is 10.8. The van der Waals surface area contributed by atoms with Crippen LogP contribution in [0.2, 0.25) is 5.02 Å². The Morgan fingerprint density at radius 1 is 1.29 bits per heavy atom. The van der Waals surface area contributed by atoms with Gasteiger partial charge in [-0.05, 0) is 70.5 Å². The van der Waals surface area contributed by atoms with Crippen molar-refractivity contribution in [2.45, 2.75) is 45.6 Å². The summed E-state index contributed by atoms with van der Waals surface area (Å²) in [6, 6.07) is 5.15. The Hall–Kier alpha value is -2.64. The first-order chi connectivity index (χ1) is 14.8. The first-order valence-electron chi connectivity index (χ1n) is 10.4. The summed E-state index contributed by atoms with van der Waals surface area (Å²) in [7, 11) is 1.34. The Kier molecular flexibility index (Phi) is 5.90. The third-order valence-corrected chi connectivity index (χ3v) is 6.48. The number of ketones is 1. The van der Waals surface area contributed by atoms with Crippen molar-refractivity contribution >= 4 is 34.5 Å². The normalized spacial score (nSPS) is 16.5. The number of likely N-dealkylation sites (tertiary alicyclic amines) is 1. The molecule has 31 heavy (non-hydrogen) atoms. The van der Waals surface area contributed by atoms with Crippen LogP contribution in [-0.2, 0) is 4.74 Å². The molecule has 1 aliphatic rings. The molecule has 0 aliphatic carbocycles. The van der Waals surface area contributed by atoms with Crippen molar-refractivity contribution in [1.29, 1.82) is 0 Å². The quantitative estimate of drug-likeness (QED) is 0.455. The van der Waals surface area contributed by atoms with E-state index in [1.54, 1.807) is 19.9 Å². The number of halogens is 1. The van der Waals surface area contributed by atoms with Crippen molar-refractivity contribution in [2.75, 3.05) is 20.2 Å². The predicted molar refractivity (Wildman–Crippen MR) is 118 cm³/mol. The van der Waals surface area contributed by atoms with Crippen molar-refractivity contribution in [2.24, 2.45) is 0 Å². The fraction of sp³-hybridized carbons (Fsp3) is 0.435. The zero-order chi connectivity index (χ0) is 22.3. The van der Waals surface area contributed by atoms with E-state index in [1.165, 1.54) is 7.11 Å². The van der Waals surface area contributed by atoms with Gasteiger partial charge in [0.05, 0.1) is 24.4 Å². The highest BCUT2D eigenvalue weighted by Gasteiger charge is 2.32. The second-order valence-electron chi connectivity index (χ2n) is 8.13. The fourth-order valence-electron chi connectivity index (χ4n) is 4.41. The maximum atomic E-state index is 13.2. The van der Waals surface area contributed by atoms with E-state index in [0.717, 1.165) is 42.9 Å². The lowest BCUT2D eigenvalue weighted by molar-refractivity contribution is 0.0599. The Morgan fingerprint density at radius 2 is 2.00 bits per heavy atom. The van der Waals surface area contributed by atoms with Gasteiger partial charge in [0, 0.05) is 16.6 Å². The number of Topliss-reactive ketones (excluding diaryl/α,β-unsaturated/α-hetero) is 1. The predicted octanol–water partition coefficient (Wildman–Crippen LogP) is 4.66. The number of nitrogens with zero attached hydrogens (tertiary/aromatic N) is 2. The molecule has 164 valence electrons. The molecular formula is C23H26ClN3O4. The molecule has 2 aromatic heterocycles. The first kappa shape index (κ1) is 21.6. The number of hydrogen-bond donors (Lipinski definition) is 1. The molecule has 0 amide bonds. The Morgan fingerprint density at radius 3 is 2.68 bits per heavy atom. The Labute approximate surface area is 185 Å². The number of piperidine rings is 1. The molecule has 3 heterocycles. The highest BCUT2D eigenvalue weighted by Crippen LogP contribution is 2.32. The Balaban J connectivity index is 1.45. The third-order valence-electron chi connectivity index (χ3n) is 6.25. The van der Waals surface area contributed by atoms with Gasteiger partial charge in [-0.15, -0.1) is 0 Å². The zero-order valence-electron chi connectivity index (χ0n) is 18.1. The number of ether oxygens (including phenoxy) is 1. The summed E-state index contributed by atoms with van der Waals surface area (Å²) in [4.78, 5) is 35.1. The molecule has 0 saturated carbocycles. The van der Waals surface area contributed by atoms with Crippen molar-refractivity contribution in [3.8, 4) is 0 Å². The van der Waals surface area contributed by atoms with Gasteiger partial charge in [0.2, 0.25) is 0 Å². The number of esters is 1. The number of hydrogen-bond acceptors (Lipinski definition) is 6. The van der Waals surface area contributed by atoms with E-state index >= 15 is 0 Å². The first-order valence-corrected chi connectivity index (χ1v) is 10.8. The van der Waals surface area contributed by atoms with Gasteiger partial charge in [0.1, 0.15) is 5.52 Å². The van der Waals surface area contributed by atoms with E-state index in [9.17, 15) is 9.59 Å². The van der Waals surface area contributed by atoms with Gasteiger partial charge in [0.25, 0.3) is 0 Å². The third kappa shape index (κ3) is 4.00. The minimum atomic E-state index is -0.432. The highest BCUT2D eigenvalue weighted by molar-refractivity contribution is 6.31. The average molecular weight is 444 g/mol. The second kappa shape index (κ2) is 8.48. The number of aryl methyl sites for hydroxylation is 1. The number of H-pyrrole nitrogens is 1. The molecule has 1 unspecified atom stereocenters. The van der Waals surface area contributed by atoms with Crippen LogP contribution in [0.15, 0.2) is 22.6 Å². The fourth-order valence-corrected chi connectivity index (χ4v) is 4.57. The van der Waals surface area contributed by atoms with E-state index < -0.39 is 5.97 Å². The standard InChI is InChI=1S/C23H26ClN3O4/c1-12-19(23(29)30-4)13(2)25-20(12)21(28)14(3)27-9-7-15(8-10-27)22-26-17-11-16(24)5-6-18(17)31-22/h5-6,11,14-15,25H,7-10H2,1-4H3. The number of fused-ring (bicyclic) bond motifs is 1. The summed E-state index contributed by atoms with van der Waals surface area (Å²) in [6.45, 7) is 7.00. The molecular weight excluding hydrogens is 418 g/mol. The molecule has 1 atom stereocenters. The molecule has 1 aliphatic heterocycles. The summed E-state index contributed by atoms with van der Waals surface area (Å²) in [6.07, 6.45) is 1.71. The molecule has 0 bridgehead atoms. The number of aromatic amines is 1.